The van der Waals surface area contributed by atoms with Crippen LogP contribution < -0.4 is 0 Å². The number of hydrogen-bond donors (Lipinski definition) is 1. The second-order valence-corrected chi connectivity index (χ2v) is 3.47. The summed E-state index contributed by atoms with van der Waals surface area (Å²) in [5, 5.41) is 11.0. The minimum Gasteiger partial charge on any atom is -0.262 e. The molecule has 0 aromatic carbocycles. The van der Waals surface area contributed by atoms with Crippen LogP contribution in [0.1, 0.15) is 17.2 Å². The van der Waals surface area contributed by atoms with Crippen LogP contribution in [0.2, 0.25) is 5.28 Å². The van der Waals surface area contributed by atoms with E-state index in [1.807, 2.05) is 24.6 Å². The average molecular weight is 212 g/mol. The normalized spacial score (nSPS) is 10.8. The molecule has 0 aliphatic heterocycles. The van der Waals surface area contributed by atoms with Gasteiger partial charge in [-0.15, -0.1) is 5.10 Å². The molecule has 0 aliphatic rings. The van der Waals surface area contributed by atoms with E-state index in [2.05, 4.69) is 20.3 Å². The van der Waals surface area contributed by atoms with Gasteiger partial charge >= 0.3 is 0 Å². The molecule has 0 unspecified atom stereocenters. The highest BCUT2D eigenvalue weighted by Gasteiger charge is 2.05. The second kappa shape index (κ2) is 3.42. The summed E-state index contributed by atoms with van der Waals surface area (Å²) in [7, 11) is 0. The summed E-state index contributed by atoms with van der Waals surface area (Å²) in [5.41, 5.74) is 2.09. The number of nitrogens with one attached hydrogen (secondary N) is 1. The first-order chi connectivity index (χ1) is 6.65. The SMILES string of the molecule is Cc1cc(C)n(Cc2nc(Cl)n[nH]2)n1. The number of aromatic nitrogens is 5. The summed E-state index contributed by atoms with van der Waals surface area (Å²) >= 11 is 5.59. The Kier molecular flexibility index (Phi) is 2.25. The first kappa shape index (κ1) is 9.21. The Labute approximate surface area is 86.1 Å². The van der Waals surface area contributed by atoms with Gasteiger partial charge in [-0.2, -0.15) is 10.1 Å². The van der Waals surface area contributed by atoms with Gasteiger partial charge in [0.05, 0.1) is 5.69 Å². The van der Waals surface area contributed by atoms with E-state index >= 15 is 0 Å². The molecule has 0 saturated heterocycles. The number of hydrogen-bond acceptors (Lipinski definition) is 3. The maximum atomic E-state index is 5.59. The highest BCUT2D eigenvalue weighted by molar-refractivity contribution is 6.28. The van der Waals surface area contributed by atoms with Crippen molar-refractivity contribution in [2.24, 2.45) is 0 Å². The molecule has 2 rings (SSSR count). The van der Waals surface area contributed by atoms with Gasteiger partial charge in [0.1, 0.15) is 12.4 Å². The van der Waals surface area contributed by atoms with Crippen molar-refractivity contribution < 1.29 is 0 Å². The lowest BCUT2D eigenvalue weighted by atomic mass is 10.4. The molecule has 0 bridgehead atoms. The quantitative estimate of drug-likeness (QED) is 0.815. The molecule has 0 saturated carbocycles. The van der Waals surface area contributed by atoms with Crippen molar-refractivity contribution in [3.8, 4) is 0 Å². The van der Waals surface area contributed by atoms with Crippen LogP contribution in [-0.4, -0.2) is 25.0 Å². The zero-order chi connectivity index (χ0) is 10.1. The molecular formula is C8H10ClN5. The molecule has 2 aromatic heterocycles. The largest absolute Gasteiger partial charge is 0.262 e. The fourth-order valence-electron chi connectivity index (χ4n) is 1.32. The number of aryl methyl sites for hydroxylation is 2. The number of halogens is 1. The number of H-pyrrole nitrogens is 1. The molecule has 2 heterocycles. The Balaban J connectivity index is 2.22. The Bertz CT molecular complexity index is 444. The van der Waals surface area contributed by atoms with E-state index in [0.717, 1.165) is 11.4 Å². The van der Waals surface area contributed by atoms with Crippen LogP contribution in [0.25, 0.3) is 0 Å². The van der Waals surface area contributed by atoms with Crippen LogP contribution in [-0.2, 0) is 6.54 Å². The average Bonchev–Trinajstić information content (AvgIpc) is 2.61. The van der Waals surface area contributed by atoms with E-state index < -0.39 is 0 Å². The van der Waals surface area contributed by atoms with Gasteiger partial charge in [0.2, 0.25) is 5.28 Å². The van der Waals surface area contributed by atoms with Gasteiger partial charge in [0, 0.05) is 5.69 Å². The first-order valence-corrected chi connectivity index (χ1v) is 4.61. The molecule has 6 heteroatoms. The van der Waals surface area contributed by atoms with Crippen LogP contribution >= 0.6 is 11.6 Å². The summed E-state index contributed by atoms with van der Waals surface area (Å²) < 4.78 is 1.85. The second-order valence-electron chi connectivity index (χ2n) is 3.14. The monoisotopic (exact) mass is 211 g/mol. The van der Waals surface area contributed by atoms with E-state index in [9.17, 15) is 0 Å². The Morgan fingerprint density at radius 3 is 2.79 bits per heavy atom. The predicted octanol–water partition coefficient (Wildman–Crippen LogP) is 1.32. The third-order valence-electron chi connectivity index (χ3n) is 1.91. The summed E-state index contributed by atoms with van der Waals surface area (Å²) in [6.07, 6.45) is 0. The van der Waals surface area contributed by atoms with Gasteiger partial charge in [-0.3, -0.25) is 9.78 Å². The zero-order valence-electron chi connectivity index (χ0n) is 7.95. The lowest BCUT2D eigenvalue weighted by Crippen LogP contribution is -2.05. The smallest absolute Gasteiger partial charge is 0.242 e. The summed E-state index contributed by atoms with van der Waals surface area (Å²) in [4.78, 5) is 3.99. The highest BCUT2D eigenvalue weighted by Crippen LogP contribution is 2.05. The van der Waals surface area contributed by atoms with Crippen molar-refractivity contribution in [1.29, 1.82) is 0 Å². The van der Waals surface area contributed by atoms with Crippen LogP contribution in [0.15, 0.2) is 6.07 Å². The van der Waals surface area contributed by atoms with Crippen LogP contribution in [0.3, 0.4) is 0 Å². The van der Waals surface area contributed by atoms with Gasteiger partial charge in [-0.25, -0.2) is 0 Å². The molecule has 1 N–H and O–H groups in total. The molecule has 74 valence electrons. The highest BCUT2D eigenvalue weighted by atomic mass is 35.5. The molecule has 0 spiro atoms. The minimum absolute atomic E-state index is 0.238. The lowest BCUT2D eigenvalue weighted by molar-refractivity contribution is 0.634. The first-order valence-electron chi connectivity index (χ1n) is 4.23. The molecule has 0 fully saturated rings. The molecule has 5 nitrogen and oxygen atoms in total. The van der Waals surface area contributed by atoms with E-state index in [1.165, 1.54) is 0 Å². The van der Waals surface area contributed by atoms with Gasteiger partial charge in [-0.05, 0) is 31.5 Å². The fraction of sp³-hybridized carbons (Fsp3) is 0.375. The minimum atomic E-state index is 0.238. The van der Waals surface area contributed by atoms with Crippen molar-refractivity contribution in [3.63, 3.8) is 0 Å². The molecule has 14 heavy (non-hydrogen) atoms. The van der Waals surface area contributed by atoms with Gasteiger partial charge < -0.3 is 0 Å². The number of rotatable bonds is 2. The lowest BCUT2D eigenvalue weighted by Gasteiger charge is -1.99. The molecule has 2 aromatic rings. The molecular weight excluding hydrogens is 202 g/mol. The summed E-state index contributed by atoms with van der Waals surface area (Å²) in [6, 6.07) is 2.01. The molecule has 0 radical (unpaired) electrons. The van der Waals surface area contributed by atoms with Gasteiger partial charge in [0.15, 0.2) is 0 Å². The number of aromatic amines is 1. The fourth-order valence-corrected chi connectivity index (χ4v) is 1.46. The third kappa shape index (κ3) is 1.77. The Morgan fingerprint density at radius 2 is 2.29 bits per heavy atom. The van der Waals surface area contributed by atoms with Crippen LogP contribution in [0.4, 0.5) is 0 Å². The van der Waals surface area contributed by atoms with Crippen molar-refractivity contribution >= 4 is 11.6 Å². The van der Waals surface area contributed by atoms with E-state index in [4.69, 9.17) is 11.6 Å². The Morgan fingerprint density at radius 1 is 1.50 bits per heavy atom. The standard InChI is InChI=1S/C8H10ClN5/c1-5-3-6(2)14(13-5)4-7-10-8(9)12-11-7/h3H,4H2,1-2H3,(H,10,11,12). The Hall–Kier alpha value is -1.36. The molecule has 0 amide bonds. The van der Waals surface area contributed by atoms with Crippen LogP contribution in [0.5, 0.6) is 0 Å². The van der Waals surface area contributed by atoms with E-state index in [1.54, 1.807) is 0 Å². The van der Waals surface area contributed by atoms with Gasteiger partial charge in [0.25, 0.3) is 0 Å². The van der Waals surface area contributed by atoms with E-state index in [0.29, 0.717) is 12.4 Å². The van der Waals surface area contributed by atoms with Crippen molar-refractivity contribution in [2.75, 3.05) is 0 Å². The zero-order valence-corrected chi connectivity index (χ0v) is 8.71. The van der Waals surface area contributed by atoms with Crippen molar-refractivity contribution in [2.45, 2.75) is 20.4 Å². The van der Waals surface area contributed by atoms with E-state index in [-0.39, 0.29) is 5.28 Å². The predicted molar refractivity (Wildman–Crippen MR) is 52.2 cm³/mol. The molecule has 0 atom stereocenters. The van der Waals surface area contributed by atoms with Gasteiger partial charge in [-0.1, -0.05) is 0 Å². The topological polar surface area (TPSA) is 59.4 Å². The third-order valence-corrected chi connectivity index (χ3v) is 2.08. The van der Waals surface area contributed by atoms with Crippen molar-refractivity contribution in [3.05, 3.63) is 28.6 Å². The number of nitrogens with zero attached hydrogens (tertiary/aromatic N) is 4. The molecule has 0 aliphatic carbocycles. The maximum absolute atomic E-state index is 5.59. The maximum Gasteiger partial charge on any atom is 0.242 e. The summed E-state index contributed by atoms with van der Waals surface area (Å²) in [6.45, 7) is 4.52. The van der Waals surface area contributed by atoms with Crippen LogP contribution in [0, 0.1) is 13.8 Å². The van der Waals surface area contributed by atoms with Crippen molar-refractivity contribution in [1.82, 2.24) is 25.0 Å². The summed E-state index contributed by atoms with van der Waals surface area (Å²) in [5.74, 6) is 0.709.